The Labute approximate surface area is 215 Å². The monoisotopic (exact) mass is 519 g/mol. The number of anilines is 2. The molecule has 3 aromatic rings. The van der Waals surface area contributed by atoms with Gasteiger partial charge in [0.15, 0.2) is 17.6 Å². The summed E-state index contributed by atoms with van der Waals surface area (Å²) in [6.45, 7) is 0. The fourth-order valence-electron chi connectivity index (χ4n) is 4.92. The van der Waals surface area contributed by atoms with Gasteiger partial charge in [0.1, 0.15) is 11.5 Å². The van der Waals surface area contributed by atoms with Gasteiger partial charge in [-0.05, 0) is 35.9 Å². The number of carboxylic acid groups (broad SMARTS) is 1. The molecule has 0 spiro atoms. The zero-order chi connectivity index (χ0) is 27.1. The fourth-order valence-corrected chi connectivity index (χ4v) is 4.92. The number of imide groups is 1. The first kappa shape index (κ1) is 24.7. The van der Waals surface area contributed by atoms with Gasteiger partial charge in [-0.25, -0.2) is 14.8 Å². The van der Waals surface area contributed by atoms with E-state index in [1.165, 1.54) is 55.7 Å². The Bertz CT molecular complexity index is 1440. The number of nitrogens with zero attached hydrogens (tertiary/aromatic N) is 3. The molecule has 0 unspecified atom stereocenters. The Morgan fingerprint density at radius 3 is 2.21 bits per heavy atom. The number of ether oxygens (including phenoxy) is 2. The van der Waals surface area contributed by atoms with Crippen LogP contribution in [0.15, 0.2) is 66.7 Å². The van der Waals surface area contributed by atoms with E-state index in [2.05, 4.69) is 0 Å². The second-order valence-corrected chi connectivity index (χ2v) is 8.51. The molecule has 12 heteroatoms. The molecule has 38 heavy (non-hydrogen) atoms. The van der Waals surface area contributed by atoms with E-state index in [0.717, 1.165) is 4.90 Å². The molecule has 194 valence electrons. The highest BCUT2D eigenvalue weighted by Gasteiger charge is 2.61. The summed E-state index contributed by atoms with van der Waals surface area (Å²) in [5.74, 6) is -3.63. The zero-order valence-electron chi connectivity index (χ0n) is 20.1. The third-order valence-corrected chi connectivity index (χ3v) is 6.56. The van der Waals surface area contributed by atoms with Gasteiger partial charge in [0.05, 0.1) is 36.6 Å². The predicted molar refractivity (Wildman–Crippen MR) is 132 cm³/mol. The molecule has 12 nitrogen and oxygen atoms in total. The first-order chi connectivity index (χ1) is 18.3. The Balaban J connectivity index is 1.66. The van der Waals surface area contributed by atoms with Gasteiger partial charge < -0.3 is 14.6 Å². The highest BCUT2D eigenvalue weighted by atomic mass is 16.7. The van der Waals surface area contributed by atoms with E-state index in [-0.39, 0.29) is 34.0 Å². The lowest BCUT2D eigenvalue weighted by atomic mass is 9.87. The molecule has 3 aromatic carbocycles. The smallest absolute Gasteiger partial charge is 0.339 e. The van der Waals surface area contributed by atoms with Gasteiger partial charge in [0, 0.05) is 12.1 Å². The maximum atomic E-state index is 13.8. The van der Waals surface area contributed by atoms with Gasteiger partial charge in [-0.15, -0.1) is 0 Å². The Morgan fingerprint density at radius 1 is 0.947 bits per heavy atom. The van der Waals surface area contributed by atoms with Crippen LogP contribution in [0.25, 0.3) is 0 Å². The highest BCUT2D eigenvalue weighted by molar-refractivity contribution is 6.24. The van der Waals surface area contributed by atoms with Crippen LogP contribution in [-0.4, -0.2) is 48.1 Å². The lowest BCUT2D eigenvalue weighted by Gasteiger charge is -2.30. The van der Waals surface area contributed by atoms with Crippen molar-refractivity contribution in [1.82, 2.24) is 0 Å². The summed E-state index contributed by atoms with van der Waals surface area (Å²) in [6.07, 6.45) is -1.27. The van der Waals surface area contributed by atoms with Crippen LogP contribution in [0.5, 0.6) is 11.5 Å². The molecule has 2 heterocycles. The molecule has 0 bridgehead atoms. The van der Waals surface area contributed by atoms with E-state index in [1.54, 1.807) is 30.3 Å². The zero-order valence-corrected chi connectivity index (χ0v) is 20.1. The molecule has 0 saturated carbocycles. The molecule has 1 N–H and O–H groups in total. The predicted octanol–water partition coefficient (Wildman–Crippen LogP) is 3.36. The molecule has 0 radical (unpaired) electrons. The van der Waals surface area contributed by atoms with Crippen LogP contribution < -0.4 is 19.4 Å². The minimum atomic E-state index is -1.32. The molecule has 2 aliphatic heterocycles. The van der Waals surface area contributed by atoms with Crippen LogP contribution in [0.4, 0.5) is 17.1 Å². The number of amides is 2. The van der Waals surface area contributed by atoms with E-state index in [1.807, 2.05) is 0 Å². The van der Waals surface area contributed by atoms with Gasteiger partial charge in [0.2, 0.25) is 5.91 Å². The maximum Gasteiger partial charge on any atom is 0.339 e. The largest absolute Gasteiger partial charge is 0.493 e. The van der Waals surface area contributed by atoms with Gasteiger partial charge in [-0.3, -0.25) is 24.5 Å². The van der Waals surface area contributed by atoms with Crippen molar-refractivity contribution in [3.63, 3.8) is 0 Å². The van der Waals surface area contributed by atoms with E-state index in [9.17, 15) is 29.6 Å². The van der Waals surface area contributed by atoms with Crippen LogP contribution in [0.3, 0.4) is 0 Å². The Kier molecular flexibility index (Phi) is 6.17. The lowest BCUT2D eigenvalue weighted by Crippen LogP contribution is -2.37. The minimum Gasteiger partial charge on any atom is -0.493 e. The number of methoxy groups -OCH3 is 2. The van der Waals surface area contributed by atoms with Crippen LogP contribution >= 0.6 is 0 Å². The number of nitro benzene ring substituents is 1. The topological polar surface area (TPSA) is 149 Å². The number of nitro groups is 1. The molecule has 3 atom stereocenters. The molecule has 5 rings (SSSR count). The van der Waals surface area contributed by atoms with Crippen molar-refractivity contribution in [2.24, 2.45) is 5.92 Å². The summed E-state index contributed by atoms with van der Waals surface area (Å²) >= 11 is 0. The van der Waals surface area contributed by atoms with Crippen molar-refractivity contribution in [2.45, 2.75) is 12.1 Å². The second-order valence-electron chi connectivity index (χ2n) is 8.51. The number of hydrogen-bond donors (Lipinski definition) is 1. The third-order valence-electron chi connectivity index (χ3n) is 6.56. The second kappa shape index (κ2) is 9.48. The van der Waals surface area contributed by atoms with Crippen molar-refractivity contribution in [3.8, 4) is 11.5 Å². The number of fused-ring (bicyclic) bond motifs is 1. The maximum absolute atomic E-state index is 13.8. The van der Waals surface area contributed by atoms with Gasteiger partial charge in [-0.1, -0.05) is 24.3 Å². The van der Waals surface area contributed by atoms with Crippen LogP contribution in [0.2, 0.25) is 0 Å². The van der Waals surface area contributed by atoms with Crippen LogP contribution in [-0.2, 0) is 14.4 Å². The number of rotatable bonds is 7. The van der Waals surface area contributed by atoms with Crippen molar-refractivity contribution < 1.29 is 38.7 Å². The van der Waals surface area contributed by atoms with E-state index in [0.29, 0.717) is 5.69 Å². The van der Waals surface area contributed by atoms with Crippen molar-refractivity contribution in [1.29, 1.82) is 0 Å². The average Bonchev–Trinajstić information content (AvgIpc) is 3.43. The average molecular weight is 519 g/mol. The molecule has 0 aliphatic carbocycles. The van der Waals surface area contributed by atoms with Crippen molar-refractivity contribution >= 4 is 34.8 Å². The number of carboxylic acids is 1. The van der Waals surface area contributed by atoms with E-state index >= 15 is 0 Å². The number of para-hydroxylation sites is 1. The summed E-state index contributed by atoms with van der Waals surface area (Å²) in [6, 6.07) is 15.6. The van der Waals surface area contributed by atoms with Crippen LogP contribution in [0, 0.1) is 16.0 Å². The number of hydroxylamine groups is 1. The first-order valence-electron chi connectivity index (χ1n) is 11.4. The highest BCUT2D eigenvalue weighted by Crippen LogP contribution is 2.50. The van der Waals surface area contributed by atoms with Gasteiger partial charge in [0.25, 0.3) is 11.6 Å². The molecule has 0 aromatic heterocycles. The molecular formula is C26H21N3O9. The molecule has 2 fully saturated rings. The lowest BCUT2D eigenvalue weighted by molar-refractivity contribution is -0.384. The number of hydrogen-bond acceptors (Lipinski definition) is 9. The number of carbonyl (C=O) groups is 3. The van der Waals surface area contributed by atoms with Gasteiger partial charge in [-0.2, -0.15) is 0 Å². The molecule has 2 aliphatic rings. The standard InChI is InChI=1S/C26H21N3O9/c1-36-18-13-12-17(19(26(32)33)22(18)37-2)21-20-23(38-28(21)15-6-4-3-5-7-15)25(31)27(24(20)30)14-8-10-16(11-9-14)29(34)35/h3-13,20-21,23H,1-2H3,(H,32,33)/t20-,21-,23+/m1/s1. The molecular weight excluding hydrogens is 498 g/mol. The SMILES string of the molecule is COc1ccc([C@@H]2[C@H]3C(=O)N(c4ccc([N+](=O)[O-])cc4)C(=O)[C@H]3ON2c2ccccc2)c(C(=O)O)c1OC. The van der Waals surface area contributed by atoms with Crippen molar-refractivity contribution in [3.05, 3.63) is 88.0 Å². The summed E-state index contributed by atoms with van der Waals surface area (Å²) in [4.78, 5) is 57.1. The molecule has 2 saturated heterocycles. The van der Waals surface area contributed by atoms with Crippen LogP contribution in [0.1, 0.15) is 22.0 Å². The normalized spacial score (nSPS) is 20.4. The van der Waals surface area contributed by atoms with E-state index in [4.69, 9.17) is 14.3 Å². The Hall–Kier alpha value is -4.97. The summed E-state index contributed by atoms with van der Waals surface area (Å²) in [5.41, 5.74) is 0.378. The van der Waals surface area contributed by atoms with Gasteiger partial charge >= 0.3 is 5.97 Å². The number of benzene rings is 3. The van der Waals surface area contributed by atoms with E-state index < -0.39 is 40.8 Å². The summed E-state index contributed by atoms with van der Waals surface area (Å²) in [7, 11) is 2.67. The first-order valence-corrected chi connectivity index (χ1v) is 11.4. The third kappa shape index (κ3) is 3.78. The fraction of sp³-hybridized carbons (Fsp3) is 0.192. The minimum absolute atomic E-state index is 0.0436. The quantitative estimate of drug-likeness (QED) is 0.280. The Morgan fingerprint density at radius 2 is 1.63 bits per heavy atom. The molecule has 2 amide bonds. The number of carbonyl (C=O) groups excluding carboxylic acids is 2. The summed E-state index contributed by atoms with van der Waals surface area (Å²) in [5, 5.41) is 22.6. The number of aromatic carboxylic acids is 1. The van der Waals surface area contributed by atoms with Crippen molar-refractivity contribution in [2.75, 3.05) is 24.2 Å². The summed E-state index contributed by atoms with van der Waals surface area (Å²) < 4.78 is 10.6. The number of non-ortho nitro benzene ring substituents is 1.